The zero-order chi connectivity index (χ0) is 48.7. The van der Waals surface area contributed by atoms with E-state index in [0.717, 1.165) is 31.4 Å². The van der Waals surface area contributed by atoms with Crippen LogP contribution in [0, 0.1) is 90.9 Å². The fourth-order valence-electron chi connectivity index (χ4n) is 13.2. The van der Waals surface area contributed by atoms with Crippen LogP contribution in [-0.4, -0.2) is 85.8 Å². The van der Waals surface area contributed by atoms with Crippen molar-refractivity contribution in [2.45, 2.75) is 159 Å². The number of methoxy groups -OCH3 is 1. The number of fused-ring (bicyclic) bond motifs is 7. The predicted molar refractivity (Wildman–Crippen MR) is 261 cm³/mol. The molecule has 5 aliphatic carbocycles. The summed E-state index contributed by atoms with van der Waals surface area (Å²) in [6, 6.07) is 8.23. The Morgan fingerprint density at radius 3 is 2.03 bits per heavy atom. The van der Waals surface area contributed by atoms with E-state index in [9.17, 15) is 19.5 Å². The zero-order valence-corrected chi connectivity index (χ0v) is 48.2. The predicted octanol–water partition coefficient (Wildman–Crippen LogP) is 13.0. The summed E-state index contributed by atoms with van der Waals surface area (Å²) in [4.78, 5) is 40.4. The number of carbonyl (C=O) groups excluding carboxylic acids is 2. The number of hydrogen-bond acceptors (Lipinski definition) is 7. The molecule has 1 aromatic rings. The monoisotopic (exact) mass is 1200 g/mol. The van der Waals surface area contributed by atoms with Gasteiger partial charge in [0.15, 0.2) is 0 Å². The molecule has 0 saturated heterocycles. The Hall–Kier alpha value is -0.226. The van der Waals surface area contributed by atoms with Gasteiger partial charge in [-0.3, -0.25) is 14.4 Å². The standard InChI is InChI=1S/C42H62N2O4.C5H12O.C3H6.C2H6.CH3OSXe.Re/c1-38(2)31(30-12-10-29(27-45)11-13-30)18-21-39(3)34(38)19-22-41(5)35(39)15-14-32-33-9-8-20-42(33,24-23-40(32,41)4)28-44(26-25-43(6)7)36(46)16-17-37(47)48;1-5(2,3)6-4;1-3-2;1-2;1-3-2-4;/h10-13,18,27,32-35H,8-9,14-17,19-26,28H2,1-7H3,(H,47,48);1-4H3;3H,1H2,2H3;1-2H3;1H3;/t32?,33-,34?,35?,39?,40-,41?,42?;;;;;/m1...../s1. The molecule has 1 N–H and O–H groups in total. The minimum absolute atomic E-state index is 0.0153. The summed E-state index contributed by atoms with van der Waals surface area (Å²) >= 11 is 1.72. The fraction of sp³-hybridized carbons (Fsp3) is 0.755. The molecule has 0 aromatic heterocycles. The van der Waals surface area contributed by atoms with E-state index in [0.29, 0.717) is 30.2 Å². The fourth-order valence-corrected chi connectivity index (χ4v) is 16.9. The number of aldehydes is 1. The third kappa shape index (κ3) is 14.4. The van der Waals surface area contributed by atoms with E-state index < -0.39 is 5.97 Å². The molecule has 4 fully saturated rings. The van der Waals surface area contributed by atoms with Crippen LogP contribution in [-0.2, 0) is 23.3 Å². The molecule has 0 spiro atoms. The summed E-state index contributed by atoms with van der Waals surface area (Å²) in [5.74, 6) is 1.74. The zero-order valence-electron chi connectivity index (χ0n) is 42.7. The Balaban J connectivity index is 0.000000762. The first kappa shape index (κ1) is 59.9. The van der Waals surface area contributed by atoms with E-state index in [1.54, 1.807) is 22.7 Å². The number of likely N-dealkylation sites (N-methyl/N-ethyl adjacent to an activating group) is 1. The van der Waals surface area contributed by atoms with Crippen LogP contribution in [0.5, 0.6) is 0 Å². The van der Waals surface area contributed by atoms with Crippen molar-refractivity contribution in [2.24, 2.45) is 50.7 Å². The molecular formula is C53H89N2O6ReSXe. The van der Waals surface area contributed by atoms with Gasteiger partial charge in [-0.2, -0.15) is 0 Å². The third-order valence-electron chi connectivity index (χ3n) is 16.4. The van der Waals surface area contributed by atoms with E-state index in [4.69, 9.17) is 4.24 Å². The van der Waals surface area contributed by atoms with Gasteiger partial charge in [0.1, 0.15) is 6.29 Å². The van der Waals surface area contributed by atoms with E-state index in [2.05, 4.69) is 69.2 Å². The Labute approximate surface area is 425 Å². The average molecular weight is 1200 g/mol. The van der Waals surface area contributed by atoms with Gasteiger partial charge in [-0.05, 0) is 161 Å². The number of allylic oxidation sites excluding steroid dienone is 3. The molecule has 6 unspecified atom stereocenters. The average Bonchev–Trinajstić information content (AvgIpc) is 3.67. The van der Waals surface area contributed by atoms with Gasteiger partial charge in [0.05, 0.1) is 12.0 Å². The van der Waals surface area contributed by atoms with E-state index in [1.807, 2.05) is 74.0 Å². The SMILES string of the molecule is C=CC.CC.CN(C)CCN(CC12CCC[C@@H]1C1CCC3C4(C)CC=C(c5ccc(C=O)cc5)C(C)(C)C4CCC3(C)[C@]1(C)CC2)C(=O)CCC(=O)O.COC(C)(C)C.CSO[Xe][Re]. The molecule has 11 heteroatoms. The molecule has 8 nitrogen and oxygen atoms in total. The molecule has 0 heterocycles. The van der Waals surface area contributed by atoms with Crippen molar-refractivity contribution in [2.75, 3.05) is 47.1 Å². The Morgan fingerprint density at radius 1 is 0.922 bits per heavy atom. The van der Waals surface area contributed by atoms with Crippen LogP contribution in [0.3, 0.4) is 0 Å². The van der Waals surface area contributed by atoms with Gasteiger partial charge < -0.3 is 19.6 Å². The number of amides is 1. The van der Waals surface area contributed by atoms with Crippen molar-refractivity contribution < 1.29 is 73.4 Å². The van der Waals surface area contributed by atoms with Crippen LogP contribution in [0.25, 0.3) is 5.57 Å². The number of aliphatic carboxylic acids is 1. The number of carboxylic acid groups (broad SMARTS) is 1. The van der Waals surface area contributed by atoms with Crippen LogP contribution in [0.1, 0.15) is 169 Å². The van der Waals surface area contributed by atoms with Crippen molar-refractivity contribution in [1.29, 1.82) is 0 Å². The van der Waals surface area contributed by atoms with E-state index in [-0.39, 0.29) is 91.6 Å². The van der Waals surface area contributed by atoms with E-state index in [1.165, 1.54) is 81.0 Å². The molecule has 64 heavy (non-hydrogen) atoms. The molecule has 0 bridgehead atoms. The van der Waals surface area contributed by atoms with Crippen LogP contribution in [0.15, 0.2) is 43.0 Å². The van der Waals surface area contributed by atoms with Crippen molar-refractivity contribution in [1.82, 2.24) is 9.80 Å². The minimum atomic E-state index is -0.893. The maximum atomic E-state index is 13.5. The van der Waals surface area contributed by atoms with Gasteiger partial charge in [0.25, 0.3) is 0 Å². The summed E-state index contributed by atoms with van der Waals surface area (Å²) in [7, 11) is 7.54. The van der Waals surface area contributed by atoms with Crippen LogP contribution in [0.2, 0.25) is 0 Å². The number of rotatable bonds is 12. The number of nitrogens with zero attached hydrogens (tertiary/aromatic N) is 2. The van der Waals surface area contributed by atoms with Gasteiger partial charge in [-0.1, -0.05) is 91.3 Å². The van der Waals surface area contributed by atoms with Gasteiger partial charge in [0, 0.05) is 38.7 Å². The van der Waals surface area contributed by atoms with Gasteiger partial charge in [-0.25, -0.2) is 0 Å². The second-order valence-electron chi connectivity index (χ2n) is 21.3. The Bertz CT molecular complexity index is 1660. The molecule has 8 atom stereocenters. The molecule has 0 radical (unpaired) electrons. The molecule has 368 valence electrons. The Kier molecular flexibility index (Phi) is 25.0. The molecule has 1 aromatic carbocycles. The molecule has 0 aliphatic heterocycles. The molecule has 1 amide bonds. The maximum absolute atomic E-state index is 13.5. The summed E-state index contributed by atoms with van der Waals surface area (Å²) < 4.78 is 9.80. The van der Waals surface area contributed by atoms with E-state index >= 15 is 0 Å². The summed E-state index contributed by atoms with van der Waals surface area (Å²) in [5, 5.41) is 9.32. The molecule has 6 rings (SSSR count). The Morgan fingerprint density at radius 2 is 1.53 bits per heavy atom. The number of benzene rings is 1. The van der Waals surface area contributed by atoms with Crippen molar-refractivity contribution in [3.63, 3.8) is 0 Å². The van der Waals surface area contributed by atoms with Crippen molar-refractivity contribution in [3.05, 3.63) is 54.1 Å². The number of ether oxygens (including phenoxy) is 1. The molecule has 4 saturated carbocycles. The van der Waals surface area contributed by atoms with Gasteiger partial charge in [-0.15, -0.1) is 6.58 Å². The van der Waals surface area contributed by atoms with Crippen LogP contribution >= 0.6 is 12.0 Å². The van der Waals surface area contributed by atoms with Crippen LogP contribution in [0.4, 0.5) is 0 Å². The van der Waals surface area contributed by atoms with Crippen molar-refractivity contribution >= 4 is 35.8 Å². The second-order valence-corrected chi connectivity index (χ2v) is 25.7. The normalized spacial score (nSPS) is 30.8. The summed E-state index contributed by atoms with van der Waals surface area (Å²) in [6.07, 6.45) is 19.6. The summed E-state index contributed by atoms with van der Waals surface area (Å²) in [6.45, 7) is 30.6. The number of carbonyl (C=O) groups is 3. The van der Waals surface area contributed by atoms with Gasteiger partial charge >= 0.3 is 73.4 Å². The topological polar surface area (TPSA) is 96.4 Å². The first-order valence-corrected chi connectivity index (χ1v) is 33.1. The summed E-state index contributed by atoms with van der Waals surface area (Å²) in [5.41, 5.74) is 4.53. The molecule has 5 aliphatic rings. The van der Waals surface area contributed by atoms with Crippen molar-refractivity contribution in [3.8, 4) is 0 Å². The number of carboxylic acids is 1. The first-order valence-electron chi connectivity index (χ1n) is 24.0. The third-order valence-corrected chi connectivity index (χ3v) is 21.2. The van der Waals surface area contributed by atoms with Crippen LogP contribution < -0.4 is 0 Å². The first-order chi connectivity index (χ1) is 30.0. The quantitative estimate of drug-likeness (QED) is 0.126. The number of hydrogen-bond donors (Lipinski definition) is 1. The second kappa shape index (κ2) is 26.7. The van der Waals surface area contributed by atoms with Gasteiger partial charge in [0.2, 0.25) is 5.91 Å². The molecular weight excluding hydrogens is 1110 g/mol.